The number of hydrogen-bond donors (Lipinski definition) is 1. The molecule has 4 heteroatoms. The Kier molecular flexibility index (Phi) is 5.61. The van der Waals surface area contributed by atoms with Crippen LogP contribution in [-0.4, -0.2) is 17.3 Å². The van der Waals surface area contributed by atoms with E-state index >= 15 is 0 Å². The maximum atomic E-state index is 12.5. The van der Waals surface area contributed by atoms with Gasteiger partial charge < -0.3 is 10.1 Å². The summed E-state index contributed by atoms with van der Waals surface area (Å²) in [5.74, 6) is 1.76. The van der Waals surface area contributed by atoms with Crippen LogP contribution in [0, 0.1) is 13.8 Å². The van der Waals surface area contributed by atoms with E-state index in [1.54, 1.807) is 11.8 Å². The van der Waals surface area contributed by atoms with Crippen LogP contribution in [0.3, 0.4) is 0 Å². The Balaban J connectivity index is 1.60. The molecule has 0 fully saturated rings. The molecule has 1 heterocycles. The molecule has 3 nitrogen and oxygen atoms in total. The summed E-state index contributed by atoms with van der Waals surface area (Å²) < 4.78 is 6.08. The Labute approximate surface area is 160 Å². The van der Waals surface area contributed by atoms with Crippen LogP contribution in [0.1, 0.15) is 49.4 Å². The third kappa shape index (κ3) is 4.82. The van der Waals surface area contributed by atoms with Crippen LogP contribution in [0.5, 0.6) is 5.75 Å². The molecule has 0 aliphatic carbocycles. The average Bonchev–Trinajstić information content (AvgIpc) is 2.57. The quantitative estimate of drug-likeness (QED) is 0.736. The number of hydrogen-bond acceptors (Lipinski definition) is 3. The maximum absolute atomic E-state index is 12.5. The largest absolute Gasteiger partial charge is 0.487 e. The van der Waals surface area contributed by atoms with Crippen LogP contribution in [0.15, 0.2) is 47.4 Å². The molecule has 1 N–H and O–H groups in total. The first-order chi connectivity index (χ1) is 12.3. The molecule has 0 bridgehead atoms. The van der Waals surface area contributed by atoms with Crippen molar-refractivity contribution in [3.8, 4) is 5.75 Å². The molecule has 1 aliphatic rings. The van der Waals surface area contributed by atoms with Crippen molar-refractivity contribution >= 4 is 17.7 Å². The molecule has 2 aromatic carbocycles. The van der Waals surface area contributed by atoms with Crippen LogP contribution in [0.4, 0.5) is 0 Å². The summed E-state index contributed by atoms with van der Waals surface area (Å²) in [5, 5.41) is 3.22. The molecule has 1 aliphatic heterocycles. The number of aryl methyl sites for hydroxylation is 2. The van der Waals surface area contributed by atoms with E-state index in [0.29, 0.717) is 6.42 Å². The number of benzene rings is 2. The van der Waals surface area contributed by atoms with Crippen molar-refractivity contribution in [3.63, 3.8) is 0 Å². The average molecular weight is 370 g/mol. The van der Waals surface area contributed by atoms with Gasteiger partial charge in [-0.2, -0.15) is 0 Å². The molecule has 1 amide bonds. The monoisotopic (exact) mass is 369 g/mol. The molecule has 0 aromatic heterocycles. The van der Waals surface area contributed by atoms with Crippen molar-refractivity contribution in [2.45, 2.75) is 57.1 Å². The molecule has 1 unspecified atom stereocenters. The number of amides is 1. The Morgan fingerprint density at radius 1 is 1.15 bits per heavy atom. The van der Waals surface area contributed by atoms with Gasteiger partial charge in [-0.3, -0.25) is 4.79 Å². The van der Waals surface area contributed by atoms with E-state index in [1.807, 2.05) is 6.07 Å². The fourth-order valence-electron chi connectivity index (χ4n) is 3.27. The van der Waals surface area contributed by atoms with E-state index in [-0.39, 0.29) is 17.6 Å². The zero-order valence-corrected chi connectivity index (χ0v) is 16.8. The highest BCUT2D eigenvalue weighted by molar-refractivity contribution is 7.99. The van der Waals surface area contributed by atoms with Gasteiger partial charge in [-0.15, -0.1) is 11.8 Å². The number of fused-ring (bicyclic) bond motifs is 1. The minimum Gasteiger partial charge on any atom is -0.487 e. The summed E-state index contributed by atoms with van der Waals surface area (Å²) >= 11 is 1.72. The molecule has 0 spiro atoms. The highest BCUT2D eigenvalue weighted by Crippen LogP contribution is 2.39. The topological polar surface area (TPSA) is 38.3 Å². The summed E-state index contributed by atoms with van der Waals surface area (Å²) in [6.45, 7) is 8.29. The van der Waals surface area contributed by atoms with Gasteiger partial charge in [-0.05, 0) is 45.9 Å². The third-order valence-corrected chi connectivity index (χ3v) is 5.59. The Bertz CT molecular complexity index is 783. The fraction of sp³-hybridized carbons (Fsp3) is 0.409. The SMILES string of the molecule is Cc1ccc(SCCC(=O)NC2CC(C)(C)Oc3ccc(C)cc32)cc1. The summed E-state index contributed by atoms with van der Waals surface area (Å²) in [7, 11) is 0. The maximum Gasteiger partial charge on any atom is 0.221 e. The summed E-state index contributed by atoms with van der Waals surface area (Å²) in [6, 6.07) is 14.6. The van der Waals surface area contributed by atoms with E-state index in [2.05, 4.69) is 69.4 Å². The van der Waals surface area contributed by atoms with E-state index in [1.165, 1.54) is 16.0 Å². The molecule has 1 atom stereocenters. The first-order valence-electron chi connectivity index (χ1n) is 9.11. The number of ether oxygens (including phenoxy) is 1. The highest BCUT2D eigenvalue weighted by atomic mass is 32.2. The predicted molar refractivity (Wildman–Crippen MR) is 108 cm³/mol. The van der Waals surface area contributed by atoms with Crippen LogP contribution < -0.4 is 10.1 Å². The highest BCUT2D eigenvalue weighted by Gasteiger charge is 2.34. The second-order valence-electron chi connectivity index (χ2n) is 7.64. The molecule has 0 saturated carbocycles. The molecule has 138 valence electrons. The zero-order valence-electron chi connectivity index (χ0n) is 16.0. The number of carbonyl (C=O) groups excluding carboxylic acids is 1. The van der Waals surface area contributed by atoms with Gasteiger partial charge >= 0.3 is 0 Å². The fourth-order valence-corrected chi connectivity index (χ4v) is 4.12. The molecular formula is C22H27NO2S. The minimum atomic E-state index is -0.281. The van der Waals surface area contributed by atoms with E-state index in [9.17, 15) is 4.79 Å². The smallest absolute Gasteiger partial charge is 0.221 e. The first-order valence-corrected chi connectivity index (χ1v) is 10.1. The number of thioether (sulfide) groups is 1. The van der Waals surface area contributed by atoms with Crippen LogP contribution >= 0.6 is 11.8 Å². The molecule has 2 aromatic rings. The molecule has 0 radical (unpaired) electrons. The summed E-state index contributed by atoms with van der Waals surface area (Å²) in [4.78, 5) is 13.7. The van der Waals surface area contributed by atoms with E-state index in [0.717, 1.165) is 23.5 Å². The van der Waals surface area contributed by atoms with Gasteiger partial charge in [0.05, 0.1) is 6.04 Å². The van der Waals surface area contributed by atoms with Gasteiger partial charge in [0.2, 0.25) is 5.91 Å². The van der Waals surface area contributed by atoms with Gasteiger partial charge in [0.25, 0.3) is 0 Å². The van der Waals surface area contributed by atoms with Crippen molar-refractivity contribution in [2.75, 3.05) is 5.75 Å². The third-order valence-electron chi connectivity index (χ3n) is 4.58. The van der Waals surface area contributed by atoms with Gasteiger partial charge in [0.15, 0.2) is 0 Å². The van der Waals surface area contributed by atoms with Gasteiger partial charge in [-0.1, -0.05) is 35.4 Å². The van der Waals surface area contributed by atoms with E-state index in [4.69, 9.17) is 4.74 Å². The number of rotatable bonds is 5. The normalized spacial score (nSPS) is 17.9. The lowest BCUT2D eigenvalue weighted by Gasteiger charge is -2.38. The van der Waals surface area contributed by atoms with Crippen LogP contribution in [-0.2, 0) is 4.79 Å². The minimum absolute atomic E-state index is 0.00512. The number of carbonyl (C=O) groups is 1. The first kappa shape index (κ1) is 18.8. The van der Waals surface area contributed by atoms with Crippen molar-refractivity contribution in [1.29, 1.82) is 0 Å². The second-order valence-corrected chi connectivity index (χ2v) is 8.81. The predicted octanol–water partition coefficient (Wildman–Crippen LogP) is 5.20. The van der Waals surface area contributed by atoms with Crippen LogP contribution in [0.25, 0.3) is 0 Å². The van der Waals surface area contributed by atoms with Crippen LogP contribution in [0.2, 0.25) is 0 Å². The van der Waals surface area contributed by atoms with Crippen molar-refractivity contribution in [3.05, 3.63) is 59.2 Å². The molecular weight excluding hydrogens is 342 g/mol. The molecule has 0 saturated heterocycles. The van der Waals surface area contributed by atoms with E-state index < -0.39 is 0 Å². The van der Waals surface area contributed by atoms with Gasteiger partial charge in [0.1, 0.15) is 11.4 Å². The summed E-state index contributed by atoms with van der Waals surface area (Å²) in [6.07, 6.45) is 1.29. The lowest BCUT2D eigenvalue weighted by atomic mass is 9.89. The lowest BCUT2D eigenvalue weighted by Crippen LogP contribution is -2.41. The number of nitrogens with one attached hydrogen (secondary N) is 1. The lowest BCUT2D eigenvalue weighted by molar-refractivity contribution is -0.121. The van der Waals surface area contributed by atoms with Gasteiger partial charge in [0, 0.05) is 29.1 Å². The Morgan fingerprint density at radius 2 is 1.85 bits per heavy atom. The molecule has 26 heavy (non-hydrogen) atoms. The van der Waals surface area contributed by atoms with Crippen molar-refractivity contribution in [1.82, 2.24) is 5.32 Å². The van der Waals surface area contributed by atoms with Gasteiger partial charge in [-0.25, -0.2) is 0 Å². The second kappa shape index (κ2) is 7.75. The zero-order chi connectivity index (χ0) is 18.7. The van der Waals surface area contributed by atoms with Crippen molar-refractivity contribution < 1.29 is 9.53 Å². The Morgan fingerprint density at radius 3 is 2.58 bits per heavy atom. The summed E-state index contributed by atoms with van der Waals surface area (Å²) in [5.41, 5.74) is 3.24. The molecule has 3 rings (SSSR count). The van der Waals surface area contributed by atoms with Crippen molar-refractivity contribution in [2.24, 2.45) is 0 Å². The Hall–Kier alpha value is -1.94. The standard InChI is InChI=1S/C22H27NO2S/c1-15-5-8-17(9-6-15)26-12-11-21(24)23-19-14-22(3,4)25-20-10-7-16(2)13-18(19)20/h5-10,13,19H,11-12,14H2,1-4H3,(H,23,24).